The summed E-state index contributed by atoms with van der Waals surface area (Å²) in [6.45, 7) is 3.76. The van der Waals surface area contributed by atoms with E-state index >= 15 is 0 Å². The quantitative estimate of drug-likeness (QED) is 0.881. The molecule has 1 aromatic rings. The van der Waals surface area contributed by atoms with Crippen LogP contribution in [0.15, 0.2) is 18.2 Å². The molecule has 1 unspecified atom stereocenters. The van der Waals surface area contributed by atoms with E-state index in [1.807, 2.05) is 6.07 Å². The molecule has 0 saturated carbocycles. The molecule has 2 N–H and O–H groups in total. The van der Waals surface area contributed by atoms with E-state index in [9.17, 15) is 9.18 Å². The van der Waals surface area contributed by atoms with Crippen LogP contribution in [-0.2, 0) is 11.3 Å². The van der Waals surface area contributed by atoms with Crippen LogP contribution in [0.2, 0.25) is 0 Å². The Morgan fingerprint density at radius 2 is 2.33 bits per heavy atom. The molecule has 1 aromatic carbocycles. The number of carbonyl (C=O) groups is 1. The predicted molar refractivity (Wildman–Crippen MR) is 71.2 cm³/mol. The van der Waals surface area contributed by atoms with E-state index in [4.69, 9.17) is 0 Å². The van der Waals surface area contributed by atoms with Gasteiger partial charge in [0.05, 0.1) is 5.92 Å². The van der Waals surface area contributed by atoms with Gasteiger partial charge >= 0.3 is 0 Å². The number of nitrogens with one attached hydrogen (secondary N) is 2. The van der Waals surface area contributed by atoms with Gasteiger partial charge in [-0.25, -0.2) is 4.39 Å². The van der Waals surface area contributed by atoms with E-state index < -0.39 is 0 Å². The van der Waals surface area contributed by atoms with E-state index in [1.165, 1.54) is 6.07 Å². The molecule has 0 bridgehead atoms. The lowest BCUT2D eigenvalue weighted by Gasteiger charge is -2.10. The third kappa shape index (κ3) is 3.68. The summed E-state index contributed by atoms with van der Waals surface area (Å²) in [6.07, 6.45) is 0.883. The van der Waals surface area contributed by atoms with Gasteiger partial charge in [0, 0.05) is 13.1 Å². The van der Waals surface area contributed by atoms with E-state index in [0.29, 0.717) is 12.1 Å². The van der Waals surface area contributed by atoms with Gasteiger partial charge in [0.25, 0.3) is 0 Å². The standard InChI is InChI=1S/C13H17FN2O.ClH/c1-9-2-3-10(6-12(9)14)7-16-13(17)11-4-5-15-8-11;/h2-3,6,11,15H,4-5,7-8H2,1H3,(H,16,17);1H. The van der Waals surface area contributed by atoms with Crippen molar-refractivity contribution in [1.82, 2.24) is 10.6 Å². The third-order valence-corrected chi connectivity index (χ3v) is 3.13. The maximum absolute atomic E-state index is 13.3. The van der Waals surface area contributed by atoms with Crippen LogP contribution in [0, 0.1) is 18.7 Å². The summed E-state index contributed by atoms with van der Waals surface area (Å²) in [5, 5.41) is 5.99. The SMILES string of the molecule is Cc1ccc(CNC(=O)C2CCNC2)cc1F.Cl. The Bertz CT molecular complexity index is 419. The van der Waals surface area contributed by atoms with Crippen molar-refractivity contribution >= 4 is 18.3 Å². The van der Waals surface area contributed by atoms with Crippen LogP contribution >= 0.6 is 12.4 Å². The highest BCUT2D eigenvalue weighted by atomic mass is 35.5. The number of hydrogen-bond donors (Lipinski definition) is 2. The molecule has 0 aromatic heterocycles. The minimum absolute atomic E-state index is 0. The molecule has 1 amide bonds. The first-order valence-corrected chi connectivity index (χ1v) is 5.90. The molecular weight excluding hydrogens is 255 g/mol. The molecule has 100 valence electrons. The lowest BCUT2D eigenvalue weighted by atomic mass is 10.1. The molecule has 18 heavy (non-hydrogen) atoms. The van der Waals surface area contributed by atoms with Gasteiger partial charge in [-0.05, 0) is 37.1 Å². The van der Waals surface area contributed by atoms with E-state index in [1.54, 1.807) is 13.0 Å². The maximum Gasteiger partial charge on any atom is 0.224 e. The minimum Gasteiger partial charge on any atom is -0.352 e. The van der Waals surface area contributed by atoms with Crippen molar-refractivity contribution in [2.24, 2.45) is 5.92 Å². The van der Waals surface area contributed by atoms with Gasteiger partial charge in [-0.1, -0.05) is 12.1 Å². The minimum atomic E-state index is -0.223. The van der Waals surface area contributed by atoms with Gasteiger partial charge in [0.2, 0.25) is 5.91 Å². The first kappa shape index (κ1) is 14.9. The van der Waals surface area contributed by atoms with E-state index in [2.05, 4.69) is 10.6 Å². The monoisotopic (exact) mass is 272 g/mol. The van der Waals surface area contributed by atoms with Crippen LogP contribution in [0.1, 0.15) is 17.5 Å². The number of benzene rings is 1. The fourth-order valence-corrected chi connectivity index (χ4v) is 1.96. The second-order valence-electron chi connectivity index (χ2n) is 4.49. The molecule has 1 aliphatic heterocycles. The highest BCUT2D eigenvalue weighted by Crippen LogP contribution is 2.10. The molecule has 1 atom stereocenters. The summed E-state index contributed by atoms with van der Waals surface area (Å²) in [5.41, 5.74) is 1.42. The molecule has 0 radical (unpaired) electrons. The average Bonchev–Trinajstić information content (AvgIpc) is 2.84. The summed E-state index contributed by atoms with van der Waals surface area (Å²) in [5.74, 6) is -0.111. The summed E-state index contributed by atoms with van der Waals surface area (Å²) >= 11 is 0. The predicted octanol–water partition coefficient (Wildman–Crippen LogP) is 1.78. The van der Waals surface area contributed by atoms with Crippen molar-refractivity contribution in [3.8, 4) is 0 Å². The van der Waals surface area contributed by atoms with Gasteiger partial charge < -0.3 is 10.6 Å². The van der Waals surface area contributed by atoms with Crippen molar-refractivity contribution in [3.05, 3.63) is 35.1 Å². The van der Waals surface area contributed by atoms with Gasteiger partial charge in [-0.3, -0.25) is 4.79 Å². The molecule has 1 heterocycles. The highest BCUT2D eigenvalue weighted by molar-refractivity contribution is 5.85. The van der Waals surface area contributed by atoms with Crippen LogP contribution < -0.4 is 10.6 Å². The molecule has 1 aliphatic rings. The zero-order valence-corrected chi connectivity index (χ0v) is 11.1. The van der Waals surface area contributed by atoms with Crippen LogP contribution in [0.25, 0.3) is 0 Å². The van der Waals surface area contributed by atoms with Crippen molar-refractivity contribution in [1.29, 1.82) is 0 Å². The van der Waals surface area contributed by atoms with E-state index in [-0.39, 0.29) is 30.0 Å². The Morgan fingerprint density at radius 3 is 2.94 bits per heavy atom. The molecular formula is C13H18ClFN2O. The lowest BCUT2D eigenvalue weighted by Crippen LogP contribution is -2.31. The summed E-state index contributed by atoms with van der Waals surface area (Å²) in [7, 11) is 0. The number of halogens is 2. The molecule has 3 nitrogen and oxygen atoms in total. The first-order chi connectivity index (χ1) is 8.16. The Morgan fingerprint density at radius 1 is 1.56 bits per heavy atom. The van der Waals surface area contributed by atoms with Crippen molar-refractivity contribution in [2.75, 3.05) is 13.1 Å². The average molecular weight is 273 g/mol. The topological polar surface area (TPSA) is 41.1 Å². The molecule has 0 spiro atoms. The van der Waals surface area contributed by atoms with Crippen molar-refractivity contribution < 1.29 is 9.18 Å². The Hall–Kier alpha value is -1.13. The van der Waals surface area contributed by atoms with Crippen LogP contribution in [0.5, 0.6) is 0 Å². The number of aryl methyl sites for hydroxylation is 1. The van der Waals surface area contributed by atoms with Crippen LogP contribution in [0.4, 0.5) is 4.39 Å². The van der Waals surface area contributed by atoms with Crippen LogP contribution in [-0.4, -0.2) is 19.0 Å². The van der Waals surface area contributed by atoms with Gasteiger partial charge in [0.1, 0.15) is 5.82 Å². The molecule has 1 saturated heterocycles. The molecule has 1 fully saturated rings. The fraction of sp³-hybridized carbons (Fsp3) is 0.462. The molecule has 2 rings (SSSR count). The number of hydrogen-bond acceptors (Lipinski definition) is 2. The summed E-state index contributed by atoms with van der Waals surface area (Å²) in [6, 6.07) is 5.04. The number of carbonyl (C=O) groups excluding carboxylic acids is 1. The molecule has 0 aliphatic carbocycles. The normalized spacial score (nSPS) is 18.2. The van der Waals surface area contributed by atoms with Crippen molar-refractivity contribution in [2.45, 2.75) is 19.9 Å². The Kier molecular flexibility index (Phi) is 5.56. The van der Waals surface area contributed by atoms with E-state index in [0.717, 1.165) is 25.1 Å². The summed E-state index contributed by atoms with van der Waals surface area (Å²) < 4.78 is 13.3. The maximum atomic E-state index is 13.3. The number of amides is 1. The van der Waals surface area contributed by atoms with Gasteiger partial charge in [-0.2, -0.15) is 0 Å². The zero-order valence-electron chi connectivity index (χ0n) is 10.3. The number of rotatable bonds is 3. The molecule has 5 heteroatoms. The largest absolute Gasteiger partial charge is 0.352 e. The third-order valence-electron chi connectivity index (χ3n) is 3.13. The zero-order chi connectivity index (χ0) is 12.3. The summed E-state index contributed by atoms with van der Waals surface area (Å²) in [4.78, 5) is 11.7. The highest BCUT2D eigenvalue weighted by Gasteiger charge is 2.21. The van der Waals surface area contributed by atoms with Gasteiger partial charge in [0.15, 0.2) is 0 Å². The Labute approximate surface area is 113 Å². The first-order valence-electron chi connectivity index (χ1n) is 5.90. The van der Waals surface area contributed by atoms with Crippen LogP contribution in [0.3, 0.4) is 0 Å². The Balaban J connectivity index is 0.00000162. The van der Waals surface area contributed by atoms with Crippen molar-refractivity contribution in [3.63, 3.8) is 0 Å². The van der Waals surface area contributed by atoms with Gasteiger partial charge in [-0.15, -0.1) is 12.4 Å². The second kappa shape index (κ2) is 6.71. The smallest absolute Gasteiger partial charge is 0.224 e. The second-order valence-corrected chi connectivity index (χ2v) is 4.49. The lowest BCUT2D eigenvalue weighted by molar-refractivity contribution is -0.124. The fourth-order valence-electron chi connectivity index (χ4n) is 1.96.